The van der Waals surface area contributed by atoms with E-state index >= 15 is 0 Å². The molecule has 20 heavy (non-hydrogen) atoms. The number of morpholine rings is 1. The molecule has 3 rings (SSSR count). The predicted octanol–water partition coefficient (Wildman–Crippen LogP) is 2.21. The van der Waals surface area contributed by atoms with Crippen LogP contribution in [0.4, 0.5) is 4.39 Å². The Morgan fingerprint density at radius 1 is 1.45 bits per heavy atom. The van der Waals surface area contributed by atoms with Crippen molar-refractivity contribution < 1.29 is 9.13 Å². The molecule has 1 aliphatic heterocycles. The van der Waals surface area contributed by atoms with Crippen LogP contribution >= 0.6 is 12.2 Å². The fraction of sp³-hybridized carbons (Fsp3) is 0.533. The van der Waals surface area contributed by atoms with Crippen LogP contribution in [-0.2, 0) is 11.3 Å². The molecule has 0 spiro atoms. The average molecular weight is 294 g/mol. The second-order valence-electron chi connectivity index (χ2n) is 5.54. The van der Waals surface area contributed by atoms with E-state index in [0.29, 0.717) is 17.7 Å². The molecule has 1 heterocycles. The molecule has 2 atom stereocenters. The van der Waals surface area contributed by atoms with Crippen LogP contribution in [0.15, 0.2) is 18.2 Å². The number of hydrogen-bond donors (Lipinski definition) is 1. The van der Waals surface area contributed by atoms with E-state index < -0.39 is 0 Å². The van der Waals surface area contributed by atoms with Gasteiger partial charge in [0.1, 0.15) is 10.8 Å². The first-order chi connectivity index (χ1) is 9.65. The Labute approximate surface area is 123 Å². The summed E-state index contributed by atoms with van der Waals surface area (Å²) < 4.78 is 19.2. The van der Waals surface area contributed by atoms with E-state index in [0.717, 1.165) is 31.7 Å². The monoisotopic (exact) mass is 294 g/mol. The second-order valence-corrected chi connectivity index (χ2v) is 5.98. The van der Waals surface area contributed by atoms with Gasteiger partial charge in [-0.25, -0.2) is 4.39 Å². The van der Waals surface area contributed by atoms with Crippen molar-refractivity contribution in [3.8, 4) is 0 Å². The standard InChI is InChI=1S/C15H19FN2OS/c16-11-5-4-10(12(8-11)15(17)20)9-18-6-7-19-14-3-1-2-13(14)18/h4-5,8,13-14H,1-3,6-7,9H2,(H2,17,20). The van der Waals surface area contributed by atoms with Gasteiger partial charge in [0.2, 0.25) is 0 Å². The van der Waals surface area contributed by atoms with Crippen molar-refractivity contribution in [3.05, 3.63) is 35.1 Å². The first-order valence-corrected chi connectivity index (χ1v) is 7.50. The van der Waals surface area contributed by atoms with Crippen molar-refractivity contribution in [2.75, 3.05) is 13.2 Å². The summed E-state index contributed by atoms with van der Waals surface area (Å²) in [5.41, 5.74) is 7.38. The molecule has 2 unspecified atom stereocenters. The summed E-state index contributed by atoms with van der Waals surface area (Å²) in [6.45, 7) is 2.44. The van der Waals surface area contributed by atoms with Crippen LogP contribution in [0.25, 0.3) is 0 Å². The second kappa shape index (κ2) is 5.76. The number of thiocarbonyl (C=S) groups is 1. The third-order valence-electron chi connectivity index (χ3n) is 4.31. The van der Waals surface area contributed by atoms with Gasteiger partial charge in [-0.3, -0.25) is 4.90 Å². The van der Waals surface area contributed by atoms with E-state index in [2.05, 4.69) is 4.90 Å². The molecule has 2 fully saturated rings. The van der Waals surface area contributed by atoms with E-state index in [1.165, 1.54) is 25.0 Å². The molecule has 2 aliphatic rings. The van der Waals surface area contributed by atoms with Gasteiger partial charge < -0.3 is 10.5 Å². The lowest BCUT2D eigenvalue weighted by atomic mass is 10.0. The lowest BCUT2D eigenvalue weighted by Crippen LogP contribution is -2.48. The van der Waals surface area contributed by atoms with Crippen LogP contribution in [0.2, 0.25) is 0 Å². The van der Waals surface area contributed by atoms with Crippen molar-refractivity contribution in [2.45, 2.75) is 38.0 Å². The van der Waals surface area contributed by atoms with Crippen molar-refractivity contribution in [1.82, 2.24) is 4.90 Å². The summed E-state index contributed by atoms with van der Waals surface area (Å²) in [6.07, 6.45) is 3.90. The number of fused-ring (bicyclic) bond motifs is 1. The molecule has 1 aromatic carbocycles. The van der Waals surface area contributed by atoms with Crippen molar-refractivity contribution in [3.63, 3.8) is 0 Å². The maximum atomic E-state index is 13.4. The highest BCUT2D eigenvalue weighted by Crippen LogP contribution is 2.31. The van der Waals surface area contributed by atoms with E-state index in [9.17, 15) is 4.39 Å². The number of nitrogens with zero attached hydrogens (tertiary/aromatic N) is 1. The van der Waals surface area contributed by atoms with E-state index in [1.807, 2.05) is 0 Å². The quantitative estimate of drug-likeness (QED) is 0.868. The van der Waals surface area contributed by atoms with Gasteiger partial charge in [0.15, 0.2) is 0 Å². The van der Waals surface area contributed by atoms with Gasteiger partial charge in [0.25, 0.3) is 0 Å². The zero-order valence-corrected chi connectivity index (χ0v) is 12.2. The molecule has 3 nitrogen and oxygen atoms in total. The molecule has 108 valence electrons. The fourth-order valence-corrected chi connectivity index (χ4v) is 3.53. The summed E-state index contributed by atoms with van der Waals surface area (Å²) >= 11 is 5.04. The highest BCUT2D eigenvalue weighted by atomic mass is 32.1. The topological polar surface area (TPSA) is 38.5 Å². The number of halogens is 1. The largest absolute Gasteiger partial charge is 0.389 e. The van der Waals surface area contributed by atoms with E-state index in [4.69, 9.17) is 22.7 Å². The summed E-state index contributed by atoms with van der Waals surface area (Å²) in [7, 11) is 0. The van der Waals surface area contributed by atoms with Gasteiger partial charge in [0, 0.05) is 24.7 Å². The van der Waals surface area contributed by atoms with Gasteiger partial charge in [0.05, 0.1) is 12.7 Å². The lowest BCUT2D eigenvalue weighted by Gasteiger charge is -2.38. The molecule has 5 heteroatoms. The van der Waals surface area contributed by atoms with Gasteiger partial charge in [-0.15, -0.1) is 0 Å². The third kappa shape index (κ3) is 2.71. The normalized spacial score (nSPS) is 26.4. The maximum Gasteiger partial charge on any atom is 0.123 e. The molecule has 0 radical (unpaired) electrons. The summed E-state index contributed by atoms with van der Waals surface area (Å²) in [4.78, 5) is 2.69. The Balaban J connectivity index is 1.82. The molecular formula is C15H19FN2OS. The first kappa shape index (κ1) is 13.9. The Hall–Kier alpha value is -1.04. The van der Waals surface area contributed by atoms with Crippen LogP contribution in [0.1, 0.15) is 30.4 Å². The highest BCUT2D eigenvalue weighted by molar-refractivity contribution is 7.80. The molecule has 0 aromatic heterocycles. The Bertz CT molecular complexity index is 523. The van der Waals surface area contributed by atoms with Crippen LogP contribution in [-0.4, -0.2) is 35.2 Å². The zero-order chi connectivity index (χ0) is 14.1. The van der Waals surface area contributed by atoms with Crippen LogP contribution < -0.4 is 5.73 Å². The fourth-order valence-electron chi connectivity index (χ4n) is 3.34. The molecule has 1 saturated carbocycles. The van der Waals surface area contributed by atoms with Crippen molar-refractivity contribution in [1.29, 1.82) is 0 Å². The summed E-state index contributed by atoms with van der Waals surface area (Å²) in [6, 6.07) is 5.19. The minimum absolute atomic E-state index is 0.260. The van der Waals surface area contributed by atoms with Crippen LogP contribution in [0, 0.1) is 5.82 Å². The van der Waals surface area contributed by atoms with Gasteiger partial charge in [-0.2, -0.15) is 0 Å². The Kier molecular flexibility index (Phi) is 4.01. The number of nitrogens with two attached hydrogens (primary N) is 1. The molecule has 2 N–H and O–H groups in total. The summed E-state index contributed by atoms with van der Waals surface area (Å²) in [5, 5.41) is 0. The van der Waals surface area contributed by atoms with Gasteiger partial charge in [-0.05, 0) is 37.0 Å². The maximum absolute atomic E-state index is 13.4. The molecule has 0 amide bonds. The van der Waals surface area contributed by atoms with E-state index in [-0.39, 0.29) is 10.8 Å². The SMILES string of the molecule is NC(=S)c1cc(F)ccc1CN1CCOC2CCCC21. The molecular weight excluding hydrogens is 275 g/mol. The van der Waals surface area contributed by atoms with Crippen LogP contribution in [0.5, 0.6) is 0 Å². The van der Waals surface area contributed by atoms with Gasteiger partial charge in [-0.1, -0.05) is 18.3 Å². The highest BCUT2D eigenvalue weighted by Gasteiger charge is 2.36. The molecule has 1 aliphatic carbocycles. The Morgan fingerprint density at radius 2 is 2.30 bits per heavy atom. The molecule has 1 saturated heterocycles. The Morgan fingerprint density at radius 3 is 3.10 bits per heavy atom. The van der Waals surface area contributed by atoms with Crippen molar-refractivity contribution >= 4 is 17.2 Å². The number of benzene rings is 1. The summed E-state index contributed by atoms with van der Waals surface area (Å²) in [5.74, 6) is -0.294. The first-order valence-electron chi connectivity index (χ1n) is 7.09. The third-order valence-corrected chi connectivity index (χ3v) is 4.53. The minimum atomic E-state index is -0.294. The lowest BCUT2D eigenvalue weighted by molar-refractivity contribution is -0.0588. The molecule has 0 bridgehead atoms. The zero-order valence-electron chi connectivity index (χ0n) is 11.3. The predicted molar refractivity (Wildman–Crippen MR) is 80.1 cm³/mol. The van der Waals surface area contributed by atoms with Gasteiger partial charge >= 0.3 is 0 Å². The number of hydrogen-bond acceptors (Lipinski definition) is 3. The minimum Gasteiger partial charge on any atom is -0.389 e. The van der Waals surface area contributed by atoms with Crippen molar-refractivity contribution in [2.24, 2.45) is 5.73 Å². The van der Waals surface area contributed by atoms with E-state index in [1.54, 1.807) is 6.07 Å². The number of ether oxygens (including phenoxy) is 1. The average Bonchev–Trinajstić information content (AvgIpc) is 2.90. The number of rotatable bonds is 3. The smallest absolute Gasteiger partial charge is 0.123 e. The van der Waals surface area contributed by atoms with Crippen LogP contribution in [0.3, 0.4) is 0 Å². The molecule has 1 aromatic rings.